The van der Waals surface area contributed by atoms with Gasteiger partial charge in [0.15, 0.2) is 0 Å². The van der Waals surface area contributed by atoms with E-state index in [4.69, 9.17) is 10.6 Å². The number of hydrogen-bond donors (Lipinski definition) is 2. The van der Waals surface area contributed by atoms with Crippen LogP contribution in [-0.2, 0) is 10.2 Å². The second kappa shape index (κ2) is 7.92. The van der Waals surface area contributed by atoms with Gasteiger partial charge < -0.3 is 4.74 Å². The average Bonchev–Trinajstić information content (AvgIpc) is 2.57. The van der Waals surface area contributed by atoms with E-state index in [9.17, 15) is 0 Å². The van der Waals surface area contributed by atoms with Crippen LogP contribution in [0.5, 0.6) is 0 Å². The van der Waals surface area contributed by atoms with Crippen molar-refractivity contribution >= 4 is 0 Å². The Kier molecular flexibility index (Phi) is 6.22. The van der Waals surface area contributed by atoms with Crippen molar-refractivity contribution in [3.63, 3.8) is 0 Å². The van der Waals surface area contributed by atoms with E-state index < -0.39 is 0 Å². The van der Waals surface area contributed by atoms with Gasteiger partial charge in [-0.25, -0.2) is 0 Å². The van der Waals surface area contributed by atoms with Crippen molar-refractivity contribution in [3.05, 3.63) is 35.9 Å². The fraction of sp³-hybridized carbons (Fsp3) is 0.667. The SMILES string of the molecule is CCC(CC)(c1ccccc1)C(CC1CCOCC1)NN. The smallest absolute Gasteiger partial charge is 0.0468 e. The molecule has 1 aliphatic rings. The average molecular weight is 290 g/mol. The first-order chi connectivity index (χ1) is 10.3. The number of ether oxygens (including phenoxy) is 1. The number of nitrogens with two attached hydrogens (primary N) is 1. The second-order valence-electron chi connectivity index (χ2n) is 6.24. The first-order valence-corrected chi connectivity index (χ1v) is 8.36. The molecular weight excluding hydrogens is 260 g/mol. The zero-order valence-electron chi connectivity index (χ0n) is 13.5. The molecule has 0 aromatic heterocycles. The van der Waals surface area contributed by atoms with Gasteiger partial charge in [-0.15, -0.1) is 0 Å². The van der Waals surface area contributed by atoms with Gasteiger partial charge >= 0.3 is 0 Å². The molecular formula is C18H30N2O. The van der Waals surface area contributed by atoms with Crippen molar-refractivity contribution in [1.29, 1.82) is 0 Å². The van der Waals surface area contributed by atoms with Crippen LogP contribution in [0.1, 0.15) is 51.5 Å². The summed E-state index contributed by atoms with van der Waals surface area (Å²) in [5.41, 5.74) is 4.68. The Balaban J connectivity index is 2.21. The molecule has 21 heavy (non-hydrogen) atoms. The monoisotopic (exact) mass is 290 g/mol. The Bertz CT molecular complexity index is 397. The molecule has 0 aliphatic carbocycles. The van der Waals surface area contributed by atoms with Gasteiger partial charge in [-0.05, 0) is 43.6 Å². The van der Waals surface area contributed by atoms with Gasteiger partial charge in [0.25, 0.3) is 0 Å². The van der Waals surface area contributed by atoms with Crippen LogP contribution < -0.4 is 11.3 Å². The van der Waals surface area contributed by atoms with Crippen molar-refractivity contribution in [1.82, 2.24) is 5.43 Å². The molecule has 1 heterocycles. The Morgan fingerprint density at radius 1 is 1.19 bits per heavy atom. The molecule has 0 saturated carbocycles. The number of hydrazine groups is 1. The molecule has 0 spiro atoms. The van der Waals surface area contributed by atoms with Crippen LogP contribution in [0.2, 0.25) is 0 Å². The van der Waals surface area contributed by atoms with Gasteiger partial charge in [0.05, 0.1) is 0 Å². The summed E-state index contributed by atoms with van der Waals surface area (Å²) in [4.78, 5) is 0. The molecule has 0 amide bonds. The van der Waals surface area contributed by atoms with Gasteiger partial charge in [-0.3, -0.25) is 11.3 Å². The van der Waals surface area contributed by atoms with Crippen LogP contribution in [0, 0.1) is 5.92 Å². The quantitative estimate of drug-likeness (QED) is 0.598. The van der Waals surface area contributed by atoms with E-state index in [1.807, 2.05) is 0 Å². The molecule has 3 N–H and O–H groups in total. The lowest BCUT2D eigenvalue weighted by molar-refractivity contribution is 0.0555. The second-order valence-corrected chi connectivity index (χ2v) is 6.24. The zero-order chi connectivity index (χ0) is 15.1. The maximum Gasteiger partial charge on any atom is 0.0468 e. The highest BCUT2D eigenvalue weighted by Crippen LogP contribution is 2.38. The Hall–Kier alpha value is -0.900. The third-order valence-corrected chi connectivity index (χ3v) is 5.39. The van der Waals surface area contributed by atoms with Crippen LogP contribution in [0.25, 0.3) is 0 Å². The molecule has 1 fully saturated rings. The molecule has 2 rings (SSSR count). The number of hydrogen-bond acceptors (Lipinski definition) is 3. The molecule has 1 saturated heterocycles. The highest BCUT2D eigenvalue weighted by Gasteiger charge is 2.38. The van der Waals surface area contributed by atoms with Gasteiger partial charge in [0.2, 0.25) is 0 Å². The lowest BCUT2D eigenvalue weighted by atomic mass is 9.67. The van der Waals surface area contributed by atoms with Crippen molar-refractivity contribution in [2.75, 3.05) is 13.2 Å². The predicted octanol–water partition coefficient (Wildman–Crippen LogP) is 3.39. The van der Waals surface area contributed by atoms with Gasteiger partial charge in [0.1, 0.15) is 0 Å². The minimum Gasteiger partial charge on any atom is -0.381 e. The zero-order valence-corrected chi connectivity index (χ0v) is 13.5. The molecule has 3 nitrogen and oxygen atoms in total. The third kappa shape index (κ3) is 3.65. The van der Waals surface area contributed by atoms with Gasteiger partial charge in [0, 0.05) is 24.7 Å². The van der Waals surface area contributed by atoms with Crippen LogP contribution in [0.15, 0.2) is 30.3 Å². The van der Waals surface area contributed by atoms with Crippen molar-refractivity contribution in [2.24, 2.45) is 11.8 Å². The first kappa shape index (κ1) is 16.5. The Morgan fingerprint density at radius 2 is 1.81 bits per heavy atom. The highest BCUT2D eigenvalue weighted by molar-refractivity contribution is 5.27. The summed E-state index contributed by atoms with van der Waals surface area (Å²) in [5, 5.41) is 0. The summed E-state index contributed by atoms with van der Waals surface area (Å²) in [6, 6.07) is 11.2. The van der Waals surface area contributed by atoms with E-state index in [0.717, 1.165) is 51.2 Å². The Morgan fingerprint density at radius 3 is 2.33 bits per heavy atom. The number of nitrogens with one attached hydrogen (secondary N) is 1. The molecule has 1 aliphatic heterocycles. The number of benzene rings is 1. The summed E-state index contributed by atoms with van der Waals surface area (Å²) in [7, 11) is 0. The Labute approximate surface area is 129 Å². The van der Waals surface area contributed by atoms with E-state index in [0.29, 0.717) is 6.04 Å². The molecule has 1 atom stereocenters. The van der Waals surface area contributed by atoms with Crippen molar-refractivity contribution < 1.29 is 4.74 Å². The standard InChI is InChI=1S/C18H30N2O/c1-3-18(4-2,16-8-6-5-7-9-16)17(20-19)14-15-10-12-21-13-11-15/h5-9,15,17,20H,3-4,10-14,19H2,1-2H3. The van der Waals surface area contributed by atoms with E-state index in [1.54, 1.807) is 0 Å². The van der Waals surface area contributed by atoms with Gasteiger partial charge in [-0.1, -0.05) is 44.2 Å². The first-order valence-electron chi connectivity index (χ1n) is 8.36. The molecule has 1 aromatic rings. The van der Waals surface area contributed by atoms with E-state index in [1.165, 1.54) is 5.56 Å². The van der Waals surface area contributed by atoms with E-state index in [2.05, 4.69) is 49.6 Å². The molecule has 0 bridgehead atoms. The topological polar surface area (TPSA) is 47.3 Å². The summed E-state index contributed by atoms with van der Waals surface area (Å²) in [5.74, 6) is 6.71. The minimum absolute atomic E-state index is 0.119. The predicted molar refractivity (Wildman–Crippen MR) is 88.0 cm³/mol. The lowest BCUT2D eigenvalue weighted by Crippen LogP contribution is -2.52. The normalized spacial score (nSPS) is 18.6. The third-order valence-electron chi connectivity index (χ3n) is 5.39. The number of rotatable bonds is 7. The maximum absolute atomic E-state index is 5.98. The highest BCUT2D eigenvalue weighted by atomic mass is 16.5. The summed E-state index contributed by atoms with van der Waals surface area (Å²) < 4.78 is 5.49. The summed E-state index contributed by atoms with van der Waals surface area (Å²) in [6.07, 6.45) is 5.67. The molecule has 3 heteroatoms. The van der Waals surface area contributed by atoms with E-state index >= 15 is 0 Å². The molecule has 1 aromatic carbocycles. The maximum atomic E-state index is 5.98. The van der Waals surface area contributed by atoms with Crippen molar-refractivity contribution in [3.8, 4) is 0 Å². The fourth-order valence-electron chi connectivity index (χ4n) is 3.89. The van der Waals surface area contributed by atoms with Crippen LogP contribution in [0.3, 0.4) is 0 Å². The fourth-order valence-corrected chi connectivity index (χ4v) is 3.89. The van der Waals surface area contributed by atoms with Crippen LogP contribution >= 0.6 is 0 Å². The summed E-state index contributed by atoms with van der Waals surface area (Å²) in [6.45, 7) is 6.37. The molecule has 0 radical (unpaired) electrons. The van der Waals surface area contributed by atoms with Crippen LogP contribution in [0.4, 0.5) is 0 Å². The minimum atomic E-state index is 0.119. The largest absolute Gasteiger partial charge is 0.381 e. The van der Waals surface area contributed by atoms with Gasteiger partial charge in [-0.2, -0.15) is 0 Å². The van der Waals surface area contributed by atoms with Crippen molar-refractivity contribution in [2.45, 2.75) is 57.4 Å². The summed E-state index contributed by atoms with van der Waals surface area (Å²) >= 11 is 0. The lowest BCUT2D eigenvalue weighted by Gasteiger charge is -2.42. The van der Waals surface area contributed by atoms with Crippen LogP contribution in [-0.4, -0.2) is 19.3 Å². The molecule has 1 unspecified atom stereocenters. The van der Waals surface area contributed by atoms with E-state index in [-0.39, 0.29) is 5.41 Å². The molecule has 118 valence electrons.